The Morgan fingerprint density at radius 3 is 1.65 bits per heavy atom. The Kier molecular flexibility index (Phi) is 5.90. The Bertz CT molecular complexity index is 1150. The lowest BCUT2D eigenvalue weighted by Crippen LogP contribution is -2.12. The van der Waals surface area contributed by atoms with Crippen LogP contribution >= 0.6 is 0 Å². The van der Waals surface area contributed by atoms with Crippen LogP contribution in [0.15, 0.2) is 109 Å². The fraction of sp³-hybridized carbons (Fsp3) is 0.0370. The van der Waals surface area contributed by atoms with Crippen molar-refractivity contribution >= 4 is 28.8 Å². The van der Waals surface area contributed by atoms with Crippen LogP contribution in [0.25, 0.3) is 0 Å². The topological polar surface area (TPSA) is 46.6 Å². The second-order valence-electron chi connectivity index (χ2n) is 7.00. The lowest BCUT2D eigenvalue weighted by molar-refractivity contribution is 0.0733. The number of nitrogens with zero attached hydrogens (tertiary/aromatic N) is 1. The SMILES string of the molecule is CC(=O)c1ccccc1OC(=O)c1ccc(N(c2ccccc2)c2ccccc2)cc1. The predicted octanol–water partition coefficient (Wildman–Crippen LogP) is 6.58. The average Bonchev–Trinajstić information content (AvgIpc) is 2.81. The number of carbonyl (C=O) groups excluding carboxylic acids is 2. The molecule has 0 heterocycles. The maximum atomic E-state index is 12.7. The molecule has 0 amide bonds. The third-order valence-corrected chi connectivity index (χ3v) is 4.86. The third kappa shape index (κ3) is 4.54. The van der Waals surface area contributed by atoms with Crippen molar-refractivity contribution in [2.75, 3.05) is 4.90 Å². The molecule has 0 saturated heterocycles. The number of anilines is 3. The van der Waals surface area contributed by atoms with Crippen molar-refractivity contribution in [3.05, 3.63) is 120 Å². The summed E-state index contributed by atoms with van der Waals surface area (Å²) in [6.45, 7) is 1.45. The number of ketones is 1. The maximum Gasteiger partial charge on any atom is 0.343 e. The van der Waals surface area contributed by atoms with Gasteiger partial charge < -0.3 is 9.64 Å². The van der Waals surface area contributed by atoms with E-state index in [1.807, 2.05) is 72.8 Å². The van der Waals surface area contributed by atoms with Gasteiger partial charge in [-0.05, 0) is 67.6 Å². The van der Waals surface area contributed by atoms with Gasteiger partial charge in [0, 0.05) is 17.1 Å². The van der Waals surface area contributed by atoms with Crippen LogP contribution in [0.5, 0.6) is 5.75 Å². The molecular formula is C27H21NO3. The second kappa shape index (κ2) is 9.09. The van der Waals surface area contributed by atoms with Gasteiger partial charge in [0.25, 0.3) is 0 Å². The van der Waals surface area contributed by atoms with Crippen molar-refractivity contribution < 1.29 is 14.3 Å². The van der Waals surface area contributed by atoms with Crippen LogP contribution in [0, 0.1) is 0 Å². The van der Waals surface area contributed by atoms with Crippen molar-refractivity contribution in [2.24, 2.45) is 0 Å². The summed E-state index contributed by atoms with van der Waals surface area (Å²) in [5, 5.41) is 0. The minimum Gasteiger partial charge on any atom is -0.422 e. The van der Waals surface area contributed by atoms with E-state index in [1.54, 1.807) is 36.4 Å². The zero-order valence-corrected chi connectivity index (χ0v) is 17.1. The summed E-state index contributed by atoms with van der Waals surface area (Å²) in [6.07, 6.45) is 0. The van der Waals surface area contributed by atoms with Gasteiger partial charge in [0.15, 0.2) is 5.78 Å². The van der Waals surface area contributed by atoms with E-state index in [9.17, 15) is 9.59 Å². The van der Waals surface area contributed by atoms with Crippen molar-refractivity contribution in [3.8, 4) is 5.75 Å². The van der Waals surface area contributed by atoms with Crippen molar-refractivity contribution in [1.29, 1.82) is 0 Å². The van der Waals surface area contributed by atoms with Gasteiger partial charge in [-0.25, -0.2) is 4.79 Å². The average molecular weight is 407 g/mol. The molecule has 4 aromatic carbocycles. The molecule has 0 bridgehead atoms. The lowest BCUT2D eigenvalue weighted by Gasteiger charge is -2.25. The smallest absolute Gasteiger partial charge is 0.343 e. The highest BCUT2D eigenvalue weighted by atomic mass is 16.5. The molecule has 4 aromatic rings. The first kappa shape index (κ1) is 20.1. The maximum absolute atomic E-state index is 12.7. The molecule has 0 aliphatic carbocycles. The van der Waals surface area contributed by atoms with E-state index in [0.29, 0.717) is 11.1 Å². The largest absolute Gasteiger partial charge is 0.422 e. The van der Waals surface area contributed by atoms with E-state index in [0.717, 1.165) is 17.1 Å². The van der Waals surface area contributed by atoms with Crippen molar-refractivity contribution in [3.63, 3.8) is 0 Å². The number of benzene rings is 4. The van der Waals surface area contributed by atoms with Gasteiger partial charge in [-0.15, -0.1) is 0 Å². The Morgan fingerprint density at radius 2 is 1.10 bits per heavy atom. The molecule has 31 heavy (non-hydrogen) atoms. The molecule has 4 heteroatoms. The minimum absolute atomic E-state index is 0.153. The van der Waals surface area contributed by atoms with E-state index in [1.165, 1.54) is 6.92 Å². The molecule has 0 spiro atoms. The number of hydrogen-bond donors (Lipinski definition) is 0. The Labute approximate surface area is 181 Å². The summed E-state index contributed by atoms with van der Waals surface area (Å²) in [4.78, 5) is 26.6. The number of esters is 1. The van der Waals surface area contributed by atoms with Crippen LogP contribution < -0.4 is 9.64 Å². The standard InChI is InChI=1S/C27H21NO3/c1-20(29)25-14-8-9-15-26(25)31-27(30)21-16-18-24(19-17-21)28(22-10-4-2-5-11-22)23-12-6-3-7-13-23/h2-19H,1H3. The van der Waals surface area contributed by atoms with Gasteiger partial charge in [0.05, 0.1) is 11.1 Å². The van der Waals surface area contributed by atoms with E-state index in [2.05, 4.69) is 4.90 Å². The van der Waals surface area contributed by atoms with Crippen LogP contribution in [0.1, 0.15) is 27.6 Å². The van der Waals surface area contributed by atoms with Crippen LogP contribution in [-0.2, 0) is 0 Å². The van der Waals surface area contributed by atoms with Gasteiger partial charge >= 0.3 is 5.97 Å². The summed E-state index contributed by atoms with van der Waals surface area (Å²) in [6, 6.07) is 34.0. The van der Waals surface area contributed by atoms with E-state index < -0.39 is 5.97 Å². The molecule has 152 valence electrons. The predicted molar refractivity (Wildman–Crippen MR) is 123 cm³/mol. The molecule has 0 fully saturated rings. The van der Waals surface area contributed by atoms with Crippen LogP contribution in [0.4, 0.5) is 17.1 Å². The Balaban J connectivity index is 1.62. The minimum atomic E-state index is -0.508. The van der Waals surface area contributed by atoms with Crippen LogP contribution in [0.3, 0.4) is 0 Å². The third-order valence-electron chi connectivity index (χ3n) is 4.86. The first-order valence-electron chi connectivity index (χ1n) is 9.96. The summed E-state index contributed by atoms with van der Waals surface area (Å²) in [7, 11) is 0. The number of hydrogen-bond acceptors (Lipinski definition) is 4. The molecule has 0 unspecified atom stereocenters. The highest BCUT2D eigenvalue weighted by molar-refractivity contribution is 5.99. The molecule has 4 rings (SSSR count). The number of para-hydroxylation sites is 3. The van der Waals surface area contributed by atoms with Crippen molar-refractivity contribution in [2.45, 2.75) is 6.92 Å². The van der Waals surface area contributed by atoms with E-state index in [4.69, 9.17) is 4.74 Å². The molecule has 0 aliphatic heterocycles. The summed E-state index contributed by atoms with van der Waals surface area (Å²) in [5.74, 6) is -0.398. The highest BCUT2D eigenvalue weighted by Crippen LogP contribution is 2.34. The van der Waals surface area contributed by atoms with Gasteiger partial charge in [-0.1, -0.05) is 48.5 Å². The molecule has 0 N–H and O–H groups in total. The fourth-order valence-electron chi connectivity index (χ4n) is 3.35. The summed E-state index contributed by atoms with van der Waals surface area (Å²) in [5.41, 5.74) is 3.73. The highest BCUT2D eigenvalue weighted by Gasteiger charge is 2.16. The first-order valence-corrected chi connectivity index (χ1v) is 9.96. The molecule has 0 saturated carbocycles. The van der Waals surface area contributed by atoms with Crippen LogP contribution in [-0.4, -0.2) is 11.8 Å². The number of rotatable bonds is 6. The molecule has 0 aromatic heterocycles. The number of carbonyl (C=O) groups is 2. The van der Waals surface area contributed by atoms with E-state index in [-0.39, 0.29) is 11.5 Å². The fourth-order valence-corrected chi connectivity index (χ4v) is 3.35. The second-order valence-corrected chi connectivity index (χ2v) is 7.00. The normalized spacial score (nSPS) is 10.4. The number of Topliss-reactive ketones (excluding diaryl/α,β-unsaturated/α-hetero) is 1. The molecule has 0 radical (unpaired) electrons. The van der Waals surface area contributed by atoms with Gasteiger partial charge in [0.1, 0.15) is 5.75 Å². The summed E-state index contributed by atoms with van der Waals surface area (Å²) < 4.78 is 5.49. The van der Waals surface area contributed by atoms with Gasteiger partial charge in [-0.3, -0.25) is 4.79 Å². The molecule has 4 nitrogen and oxygen atoms in total. The van der Waals surface area contributed by atoms with Crippen molar-refractivity contribution in [1.82, 2.24) is 0 Å². The lowest BCUT2D eigenvalue weighted by atomic mass is 10.1. The zero-order chi connectivity index (χ0) is 21.6. The Morgan fingerprint density at radius 1 is 0.613 bits per heavy atom. The monoisotopic (exact) mass is 407 g/mol. The quantitative estimate of drug-likeness (QED) is 0.206. The summed E-state index contributed by atoms with van der Waals surface area (Å²) >= 11 is 0. The van der Waals surface area contributed by atoms with Gasteiger partial charge in [0.2, 0.25) is 0 Å². The molecule has 0 atom stereocenters. The first-order chi connectivity index (χ1) is 15.1. The van der Waals surface area contributed by atoms with Gasteiger partial charge in [-0.2, -0.15) is 0 Å². The van der Waals surface area contributed by atoms with E-state index >= 15 is 0 Å². The van der Waals surface area contributed by atoms with Crippen LogP contribution in [0.2, 0.25) is 0 Å². The molecular weight excluding hydrogens is 386 g/mol. The molecule has 0 aliphatic rings. The number of ether oxygens (including phenoxy) is 1. The zero-order valence-electron chi connectivity index (χ0n) is 17.1. The Hall–Kier alpha value is -4.18.